The van der Waals surface area contributed by atoms with E-state index in [-0.39, 0.29) is 17.0 Å². The van der Waals surface area contributed by atoms with Crippen LogP contribution in [0.4, 0.5) is 0 Å². The Kier molecular flexibility index (Phi) is 3.44. The highest BCUT2D eigenvalue weighted by atomic mass is 32.2. The molecule has 1 saturated heterocycles. The van der Waals surface area contributed by atoms with Crippen molar-refractivity contribution < 1.29 is 8.42 Å². The van der Waals surface area contributed by atoms with E-state index in [2.05, 4.69) is 15.3 Å². The van der Waals surface area contributed by atoms with Crippen molar-refractivity contribution in [1.82, 2.24) is 15.3 Å². The Bertz CT molecular complexity index is 487. The standard InChI is InChI=1S/C11H17N3O2S/c1-8-6-9(2)14-11(13-8)17(15,16)7-10-4-3-5-12-10/h6,10,12H,3-5,7H2,1-2H3/t10-/m0/s1. The molecule has 1 N–H and O–H groups in total. The van der Waals surface area contributed by atoms with Crippen LogP contribution in [-0.4, -0.2) is 36.7 Å². The normalized spacial score (nSPS) is 20.7. The van der Waals surface area contributed by atoms with E-state index in [4.69, 9.17) is 0 Å². The van der Waals surface area contributed by atoms with E-state index in [9.17, 15) is 8.42 Å². The topological polar surface area (TPSA) is 72.0 Å². The van der Waals surface area contributed by atoms with Gasteiger partial charge in [-0.2, -0.15) is 0 Å². The monoisotopic (exact) mass is 255 g/mol. The maximum atomic E-state index is 12.1. The van der Waals surface area contributed by atoms with Gasteiger partial charge in [0.15, 0.2) is 0 Å². The molecule has 0 spiro atoms. The summed E-state index contributed by atoms with van der Waals surface area (Å²) in [6.07, 6.45) is 1.94. The molecule has 0 unspecified atom stereocenters. The second kappa shape index (κ2) is 4.70. The number of aryl methyl sites for hydroxylation is 2. The van der Waals surface area contributed by atoms with Gasteiger partial charge >= 0.3 is 0 Å². The quantitative estimate of drug-likeness (QED) is 0.802. The SMILES string of the molecule is Cc1cc(C)nc(S(=O)(=O)C[C@@H]2CCCN2)n1. The lowest BCUT2D eigenvalue weighted by Crippen LogP contribution is -2.30. The van der Waals surface area contributed by atoms with Crippen LogP contribution in [0.25, 0.3) is 0 Å². The Morgan fingerprint density at radius 2 is 2.00 bits per heavy atom. The molecule has 0 amide bonds. The zero-order chi connectivity index (χ0) is 12.5. The molecule has 2 heterocycles. The molecule has 0 aromatic carbocycles. The number of sulfone groups is 1. The summed E-state index contributed by atoms with van der Waals surface area (Å²) < 4.78 is 24.3. The summed E-state index contributed by atoms with van der Waals surface area (Å²) in [5.41, 5.74) is 1.38. The van der Waals surface area contributed by atoms with Crippen molar-refractivity contribution in [2.75, 3.05) is 12.3 Å². The number of aromatic nitrogens is 2. The number of hydrogen-bond acceptors (Lipinski definition) is 5. The summed E-state index contributed by atoms with van der Waals surface area (Å²) in [5, 5.41) is 3.14. The molecule has 0 aliphatic carbocycles. The molecule has 0 radical (unpaired) electrons. The van der Waals surface area contributed by atoms with Crippen LogP contribution in [0.3, 0.4) is 0 Å². The summed E-state index contributed by atoms with van der Waals surface area (Å²) in [6.45, 7) is 4.46. The van der Waals surface area contributed by atoms with E-state index in [1.54, 1.807) is 19.9 Å². The summed E-state index contributed by atoms with van der Waals surface area (Å²) in [4.78, 5) is 8.04. The van der Waals surface area contributed by atoms with E-state index in [1.807, 2.05) is 0 Å². The molecule has 1 aliphatic rings. The molecule has 1 aliphatic heterocycles. The predicted molar refractivity (Wildman–Crippen MR) is 64.6 cm³/mol. The third kappa shape index (κ3) is 3.01. The van der Waals surface area contributed by atoms with Crippen molar-refractivity contribution in [1.29, 1.82) is 0 Å². The van der Waals surface area contributed by atoms with Crippen molar-refractivity contribution in [2.45, 2.75) is 37.9 Å². The van der Waals surface area contributed by atoms with Crippen LogP contribution in [0.5, 0.6) is 0 Å². The predicted octanol–water partition coefficient (Wildman–Crippen LogP) is 0.619. The zero-order valence-corrected chi connectivity index (χ0v) is 10.9. The maximum Gasteiger partial charge on any atom is 0.247 e. The molecular formula is C11H17N3O2S. The zero-order valence-electron chi connectivity index (χ0n) is 10.1. The van der Waals surface area contributed by atoms with Gasteiger partial charge < -0.3 is 5.32 Å². The van der Waals surface area contributed by atoms with E-state index >= 15 is 0 Å². The number of nitrogens with one attached hydrogen (secondary N) is 1. The third-order valence-electron chi connectivity index (χ3n) is 2.82. The van der Waals surface area contributed by atoms with Crippen molar-refractivity contribution in [3.05, 3.63) is 17.5 Å². The van der Waals surface area contributed by atoms with Crippen LogP contribution < -0.4 is 5.32 Å². The molecular weight excluding hydrogens is 238 g/mol. The third-order valence-corrected chi connectivity index (χ3v) is 4.40. The minimum atomic E-state index is -3.37. The van der Waals surface area contributed by atoms with Gasteiger partial charge in [0.05, 0.1) is 5.75 Å². The van der Waals surface area contributed by atoms with Crippen molar-refractivity contribution in [3.8, 4) is 0 Å². The first-order chi connectivity index (χ1) is 7.97. The lowest BCUT2D eigenvalue weighted by atomic mass is 10.3. The number of rotatable bonds is 3. The fourth-order valence-corrected chi connectivity index (χ4v) is 3.60. The molecule has 2 rings (SSSR count). The Morgan fingerprint density at radius 3 is 2.53 bits per heavy atom. The van der Waals surface area contributed by atoms with E-state index < -0.39 is 9.84 Å². The average molecular weight is 255 g/mol. The maximum absolute atomic E-state index is 12.1. The number of hydrogen-bond donors (Lipinski definition) is 1. The molecule has 94 valence electrons. The first-order valence-electron chi connectivity index (χ1n) is 5.76. The van der Waals surface area contributed by atoms with Gasteiger partial charge in [0.25, 0.3) is 0 Å². The highest BCUT2D eigenvalue weighted by Crippen LogP contribution is 2.13. The summed E-state index contributed by atoms with van der Waals surface area (Å²) in [5.74, 6) is 0.0931. The van der Waals surface area contributed by atoms with Crippen LogP contribution in [0.2, 0.25) is 0 Å². The summed E-state index contributed by atoms with van der Waals surface area (Å²) in [7, 11) is -3.37. The van der Waals surface area contributed by atoms with E-state index in [0.717, 1.165) is 19.4 Å². The van der Waals surface area contributed by atoms with Gasteiger partial charge in [-0.05, 0) is 39.3 Å². The van der Waals surface area contributed by atoms with Crippen LogP contribution in [0, 0.1) is 13.8 Å². The van der Waals surface area contributed by atoms with Crippen LogP contribution >= 0.6 is 0 Å². The molecule has 5 nitrogen and oxygen atoms in total. The summed E-state index contributed by atoms with van der Waals surface area (Å²) in [6, 6.07) is 1.82. The highest BCUT2D eigenvalue weighted by Gasteiger charge is 2.26. The molecule has 17 heavy (non-hydrogen) atoms. The smallest absolute Gasteiger partial charge is 0.247 e. The van der Waals surface area contributed by atoms with Crippen molar-refractivity contribution >= 4 is 9.84 Å². The largest absolute Gasteiger partial charge is 0.313 e. The van der Waals surface area contributed by atoms with Gasteiger partial charge in [-0.1, -0.05) is 0 Å². The molecule has 0 bridgehead atoms. The lowest BCUT2D eigenvalue weighted by molar-refractivity contribution is 0.567. The van der Waals surface area contributed by atoms with E-state index in [1.165, 1.54) is 0 Å². The molecule has 1 atom stereocenters. The molecule has 1 aromatic rings. The lowest BCUT2D eigenvalue weighted by Gasteiger charge is -2.10. The molecule has 6 heteroatoms. The van der Waals surface area contributed by atoms with Gasteiger partial charge in [-0.25, -0.2) is 18.4 Å². The highest BCUT2D eigenvalue weighted by molar-refractivity contribution is 7.91. The van der Waals surface area contributed by atoms with Crippen LogP contribution in [-0.2, 0) is 9.84 Å². The van der Waals surface area contributed by atoms with Crippen LogP contribution in [0.15, 0.2) is 11.2 Å². The average Bonchev–Trinajstić information content (AvgIpc) is 2.68. The number of nitrogens with zero attached hydrogens (tertiary/aromatic N) is 2. The van der Waals surface area contributed by atoms with Gasteiger partial charge in [0, 0.05) is 17.4 Å². The fraction of sp³-hybridized carbons (Fsp3) is 0.636. The Labute approximate surface area is 102 Å². The van der Waals surface area contributed by atoms with Gasteiger partial charge in [-0.3, -0.25) is 0 Å². The van der Waals surface area contributed by atoms with Gasteiger partial charge in [0.1, 0.15) is 0 Å². The summed E-state index contributed by atoms with van der Waals surface area (Å²) >= 11 is 0. The Balaban J connectivity index is 2.24. The molecule has 1 fully saturated rings. The minimum absolute atomic E-state index is 0.0382. The van der Waals surface area contributed by atoms with E-state index in [0.29, 0.717) is 11.4 Å². The van der Waals surface area contributed by atoms with Gasteiger partial charge in [-0.15, -0.1) is 0 Å². The van der Waals surface area contributed by atoms with Crippen LogP contribution in [0.1, 0.15) is 24.2 Å². The Morgan fingerprint density at radius 1 is 1.35 bits per heavy atom. The van der Waals surface area contributed by atoms with Crippen molar-refractivity contribution in [2.24, 2.45) is 0 Å². The molecule has 1 aromatic heterocycles. The first-order valence-corrected chi connectivity index (χ1v) is 7.41. The van der Waals surface area contributed by atoms with Crippen molar-refractivity contribution in [3.63, 3.8) is 0 Å². The van der Waals surface area contributed by atoms with Gasteiger partial charge in [0.2, 0.25) is 15.0 Å². The second-order valence-corrected chi connectivity index (χ2v) is 6.44. The first kappa shape index (κ1) is 12.4. The second-order valence-electron chi connectivity index (χ2n) is 4.51. The Hall–Kier alpha value is -1.01. The fourth-order valence-electron chi connectivity index (χ4n) is 2.07. The molecule has 0 saturated carbocycles. The minimum Gasteiger partial charge on any atom is -0.313 e.